The SMILES string of the molecule is NCCC(=O)N1CCN(Cc2ccc(F)cc2Cl)CC1. The van der Waals surface area contributed by atoms with Gasteiger partial charge in [0.2, 0.25) is 5.91 Å². The topological polar surface area (TPSA) is 49.6 Å². The van der Waals surface area contributed by atoms with Gasteiger partial charge in [-0.05, 0) is 17.7 Å². The smallest absolute Gasteiger partial charge is 0.223 e. The molecule has 20 heavy (non-hydrogen) atoms. The van der Waals surface area contributed by atoms with Crippen molar-refractivity contribution in [3.8, 4) is 0 Å². The Morgan fingerprint density at radius 3 is 2.60 bits per heavy atom. The van der Waals surface area contributed by atoms with Crippen LogP contribution in [0, 0.1) is 5.82 Å². The van der Waals surface area contributed by atoms with Crippen molar-refractivity contribution in [3.05, 3.63) is 34.6 Å². The number of hydrogen-bond donors (Lipinski definition) is 1. The molecule has 1 aliphatic rings. The van der Waals surface area contributed by atoms with Crippen LogP contribution < -0.4 is 5.73 Å². The van der Waals surface area contributed by atoms with E-state index >= 15 is 0 Å². The van der Waals surface area contributed by atoms with Crippen molar-refractivity contribution >= 4 is 17.5 Å². The maximum atomic E-state index is 13.0. The zero-order valence-electron chi connectivity index (χ0n) is 11.3. The average molecular weight is 300 g/mol. The summed E-state index contributed by atoms with van der Waals surface area (Å²) in [7, 11) is 0. The summed E-state index contributed by atoms with van der Waals surface area (Å²) in [5, 5.41) is 0.451. The van der Waals surface area contributed by atoms with Crippen molar-refractivity contribution < 1.29 is 9.18 Å². The third kappa shape index (κ3) is 3.91. The van der Waals surface area contributed by atoms with E-state index in [9.17, 15) is 9.18 Å². The molecule has 6 heteroatoms. The lowest BCUT2D eigenvalue weighted by molar-refractivity contribution is -0.132. The molecule has 0 radical (unpaired) electrons. The number of nitrogens with zero attached hydrogens (tertiary/aromatic N) is 2. The van der Waals surface area contributed by atoms with E-state index in [0.717, 1.165) is 18.7 Å². The van der Waals surface area contributed by atoms with Gasteiger partial charge >= 0.3 is 0 Å². The number of piperazine rings is 1. The molecule has 0 spiro atoms. The zero-order chi connectivity index (χ0) is 14.5. The molecule has 0 aromatic heterocycles. The summed E-state index contributed by atoms with van der Waals surface area (Å²) < 4.78 is 13.0. The van der Waals surface area contributed by atoms with Crippen LogP contribution in [0.4, 0.5) is 4.39 Å². The Morgan fingerprint density at radius 1 is 1.30 bits per heavy atom. The second-order valence-corrected chi connectivity index (χ2v) is 5.34. The Morgan fingerprint density at radius 2 is 2.00 bits per heavy atom. The van der Waals surface area contributed by atoms with Gasteiger partial charge in [0.05, 0.1) is 0 Å². The van der Waals surface area contributed by atoms with Crippen molar-refractivity contribution in [2.75, 3.05) is 32.7 Å². The first-order chi connectivity index (χ1) is 9.60. The van der Waals surface area contributed by atoms with Gasteiger partial charge in [0.1, 0.15) is 5.82 Å². The lowest BCUT2D eigenvalue weighted by Crippen LogP contribution is -2.48. The maximum absolute atomic E-state index is 13.0. The molecule has 1 aliphatic heterocycles. The maximum Gasteiger partial charge on any atom is 0.223 e. The molecular weight excluding hydrogens is 281 g/mol. The number of halogens is 2. The summed E-state index contributed by atoms with van der Waals surface area (Å²) in [4.78, 5) is 15.8. The first kappa shape index (κ1) is 15.2. The molecule has 110 valence electrons. The summed E-state index contributed by atoms with van der Waals surface area (Å²) in [5.41, 5.74) is 6.30. The van der Waals surface area contributed by atoms with E-state index in [0.29, 0.717) is 37.6 Å². The van der Waals surface area contributed by atoms with E-state index < -0.39 is 0 Å². The Bertz CT molecular complexity index is 475. The molecule has 0 saturated carbocycles. The summed E-state index contributed by atoms with van der Waals surface area (Å²) in [6.07, 6.45) is 0.407. The molecule has 1 heterocycles. The Labute approximate surface area is 123 Å². The second-order valence-electron chi connectivity index (χ2n) is 4.93. The predicted molar refractivity (Wildman–Crippen MR) is 76.9 cm³/mol. The van der Waals surface area contributed by atoms with Crippen LogP contribution >= 0.6 is 11.6 Å². The van der Waals surface area contributed by atoms with Gasteiger partial charge in [0.15, 0.2) is 0 Å². The highest BCUT2D eigenvalue weighted by atomic mass is 35.5. The molecule has 1 saturated heterocycles. The Hall–Kier alpha value is -1.17. The zero-order valence-corrected chi connectivity index (χ0v) is 12.1. The first-order valence-electron chi connectivity index (χ1n) is 6.74. The lowest BCUT2D eigenvalue weighted by Gasteiger charge is -2.34. The van der Waals surface area contributed by atoms with Crippen LogP contribution in [-0.4, -0.2) is 48.4 Å². The fourth-order valence-corrected chi connectivity index (χ4v) is 2.55. The van der Waals surface area contributed by atoms with Crippen LogP contribution in [0.1, 0.15) is 12.0 Å². The van der Waals surface area contributed by atoms with Gasteiger partial charge in [0, 0.05) is 50.7 Å². The minimum Gasteiger partial charge on any atom is -0.340 e. The van der Waals surface area contributed by atoms with Gasteiger partial charge in [0.25, 0.3) is 0 Å². The van der Waals surface area contributed by atoms with E-state index in [2.05, 4.69) is 4.90 Å². The van der Waals surface area contributed by atoms with E-state index in [1.165, 1.54) is 12.1 Å². The van der Waals surface area contributed by atoms with Crippen LogP contribution in [0.5, 0.6) is 0 Å². The molecule has 2 N–H and O–H groups in total. The minimum atomic E-state index is -0.323. The van der Waals surface area contributed by atoms with Crippen molar-refractivity contribution in [3.63, 3.8) is 0 Å². The number of rotatable bonds is 4. The van der Waals surface area contributed by atoms with E-state index in [4.69, 9.17) is 17.3 Å². The highest BCUT2D eigenvalue weighted by molar-refractivity contribution is 6.31. The quantitative estimate of drug-likeness (QED) is 0.916. The van der Waals surface area contributed by atoms with Gasteiger partial charge in [-0.2, -0.15) is 0 Å². The average Bonchev–Trinajstić information content (AvgIpc) is 2.43. The molecule has 1 amide bonds. The molecule has 4 nitrogen and oxygen atoms in total. The molecule has 2 rings (SSSR count). The molecule has 0 aliphatic carbocycles. The van der Waals surface area contributed by atoms with E-state index in [1.807, 2.05) is 4.90 Å². The van der Waals surface area contributed by atoms with Crippen LogP contribution in [0.15, 0.2) is 18.2 Å². The number of amides is 1. The summed E-state index contributed by atoms with van der Waals surface area (Å²) in [6, 6.07) is 4.46. The van der Waals surface area contributed by atoms with Crippen molar-refractivity contribution in [1.29, 1.82) is 0 Å². The molecule has 0 bridgehead atoms. The predicted octanol–water partition coefficient (Wildman–Crippen LogP) is 1.47. The van der Waals surface area contributed by atoms with E-state index in [1.54, 1.807) is 6.07 Å². The summed E-state index contributed by atoms with van der Waals surface area (Å²) in [6.45, 7) is 4.07. The fraction of sp³-hybridized carbons (Fsp3) is 0.500. The third-order valence-electron chi connectivity index (χ3n) is 3.49. The van der Waals surface area contributed by atoms with Crippen LogP contribution in [-0.2, 0) is 11.3 Å². The second kappa shape index (κ2) is 7.02. The lowest BCUT2D eigenvalue weighted by atomic mass is 10.2. The summed E-state index contributed by atoms with van der Waals surface area (Å²) in [5.74, 6) is -0.206. The molecule has 1 fully saturated rings. The molecule has 1 aromatic carbocycles. The van der Waals surface area contributed by atoms with Crippen molar-refractivity contribution in [2.45, 2.75) is 13.0 Å². The van der Waals surface area contributed by atoms with Crippen molar-refractivity contribution in [1.82, 2.24) is 9.80 Å². The molecule has 1 aromatic rings. The van der Waals surface area contributed by atoms with Gasteiger partial charge in [-0.1, -0.05) is 17.7 Å². The fourth-order valence-electron chi connectivity index (χ4n) is 2.33. The van der Waals surface area contributed by atoms with Gasteiger partial charge < -0.3 is 10.6 Å². The van der Waals surface area contributed by atoms with Crippen LogP contribution in [0.25, 0.3) is 0 Å². The van der Waals surface area contributed by atoms with Gasteiger partial charge in [-0.15, -0.1) is 0 Å². The van der Waals surface area contributed by atoms with Crippen molar-refractivity contribution in [2.24, 2.45) is 5.73 Å². The number of nitrogens with two attached hydrogens (primary N) is 1. The highest BCUT2D eigenvalue weighted by Gasteiger charge is 2.20. The molecule has 0 atom stereocenters. The van der Waals surface area contributed by atoms with Gasteiger partial charge in [-0.3, -0.25) is 9.69 Å². The summed E-state index contributed by atoms with van der Waals surface area (Å²) >= 11 is 6.02. The largest absolute Gasteiger partial charge is 0.340 e. The van der Waals surface area contributed by atoms with Crippen LogP contribution in [0.3, 0.4) is 0 Å². The van der Waals surface area contributed by atoms with Gasteiger partial charge in [-0.25, -0.2) is 4.39 Å². The third-order valence-corrected chi connectivity index (χ3v) is 3.84. The standard InChI is InChI=1S/C14H19ClFN3O/c15-13-9-12(16)2-1-11(13)10-18-5-7-19(8-6-18)14(20)3-4-17/h1-2,9H,3-8,10,17H2. The Kier molecular flexibility index (Phi) is 5.34. The normalized spacial score (nSPS) is 16.4. The monoisotopic (exact) mass is 299 g/mol. The minimum absolute atomic E-state index is 0.118. The first-order valence-corrected chi connectivity index (χ1v) is 7.12. The molecule has 0 unspecified atom stereocenters. The van der Waals surface area contributed by atoms with E-state index in [-0.39, 0.29) is 11.7 Å². The number of carbonyl (C=O) groups is 1. The number of carbonyl (C=O) groups excluding carboxylic acids is 1. The number of hydrogen-bond acceptors (Lipinski definition) is 3. The number of benzene rings is 1. The highest BCUT2D eigenvalue weighted by Crippen LogP contribution is 2.19. The molecular formula is C14H19ClFN3O. The Balaban J connectivity index is 1.86. The van der Waals surface area contributed by atoms with Crippen LogP contribution in [0.2, 0.25) is 5.02 Å².